The summed E-state index contributed by atoms with van der Waals surface area (Å²) in [6.45, 7) is 8.67. The highest BCUT2D eigenvalue weighted by Crippen LogP contribution is 2.17. The van der Waals surface area contributed by atoms with Crippen LogP contribution in [0.5, 0.6) is 0 Å². The standard InChI is InChI=1S/C19H30N2O3/c1-4-5-10-21(19(23)17-14-15(2)24-16(17)3)13-9-18(22)20-11-7-6-8-12-20/h14H,4-13H2,1-3H3. The van der Waals surface area contributed by atoms with Crippen molar-refractivity contribution < 1.29 is 14.0 Å². The second-order valence-corrected chi connectivity index (χ2v) is 6.66. The predicted molar refractivity (Wildman–Crippen MR) is 94.0 cm³/mol. The van der Waals surface area contributed by atoms with Gasteiger partial charge in [-0.25, -0.2) is 0 Å². The van der Waals surface area contributed by atoms with E-state index in [1.165, 1.54) is 6.42 Å². The van der Waals surface area contributed by atoms with Gasteiger partial charge in [0.05, 0.1) is 5.56 Å². The van der Waals surface area contributed by atoms with Gasteiger partial charge in [-0.05, 0) is 45.6 Å². The zero-order valence-electron chi connectivity index (χ0n) is 15.3. The number of furan rings is 1. The maximum atomic E-state index is 12.8. The molecule has 1 fully saturated rings. The minimum atomic E-state index is -0.0238. The Kier molecular flexibility index (Phi) is 6.88. The lowest BCUT2D eigenvalue weighted by Crippen LogP contribution is -2.39. The average Bonchev–Trinajstić information content (AvgIpc) is 2.93. The van der Waals surface area contributed by atoms with Crippen LogP contribution in [0.3, 0.4) is 0 Å². The number of carbonyl (C=O) groups excluding carboxylic acids is 2. The Balaban J connectivity index is 1.98. The molecular formula is C19H30N2O3. The molecule has 0 bridgehead atoms. The van der Waals surface area contributed by atoms with Crippen LogP contribution in [0.15, 0.2) is 10.5 Å². The van der Waals surface area contributed by atoms with E-state index in [1.54, 1.807) is 6.07 Å². The van der Waals surface area contributed by atoms with E-state index in [9.17, 15) is 9.59 Å². The minimum absolute atomic E-state index is 0.0238. The third-order valence-electron chi connectivity index (χ3n) is 4.64. The van der Waals surface area contributed by atoms with Crippen molar-refractivity contribution in [2.24, 2.45) is 0 Å². The fourth-order valence-electron chi connectivity index (χ4n) is 3.21. The molecule has 1 aromatic rings. The summed E-state index contributed by atoms with van der Waals surface area (Å²) < 4.78 is 5.49. The highest BCUT2D eigenvalue weighted by molar-refractivity contribution is 5.95. The quantitative estimate of drug-likeness (QED) is 0.766. The van der Waals surface area contributed by atoms with Crippen LogP contribution in [0.1, 0.15) is 67.3 Å². The number of unbranched alkanes of at least 4 members (excludes halogenated alkanes) is 1. The fourth-order valence-corrected chi connectivity index (χ4v) is 3.21. The molecule has 134 valence electrons. The SMILES string of the molecule is CCCCN(CCC(=O)N1CCCCC1)C(=O)c1cc(C)oc1C. The second-order valence-electron chi connectivity index (χ2n) is 6.66. The molecule has 0 N–H and O–H groups in total. The maximum absolute atomic E-state index is 12.8. The Labute approximate surface area is 145 Å². The molecule has 0 saturated carbocycles. The molecule has 24 heavy (non-hydrogen) atoms. The normalized spacial score (nSPS) is 14.7. The molecule has 1 aliphatic heterocycles. The third-order valence-corrected chi connectivity index (χ3v) is 4.64. The van der Waals surface area contributed by atoms with Gasteiger partial charge < -0.3 is 14.2 Å². The first kappa shape index (κ1) is 18.6. The van der Waals surface area contributed by atoms with Crippen LogP contribution in [0.2, 0.25) is 0 Å². The number of hydrogen-bond donors (Lipinski definition) is 0. The zero-order valence-corrected chi connectivity index (χ0v) is 15.3. The van der Waals surface area contributed by atoms with E-state index >= 15 is 0 Å². The molecule has 0 atom stereocenters. The minimum Gasteiger partial charge on any atom is -0.466 e. The van der Waals surface area contributed by atoms with Crippen LogP contribution >= 0.6 is 0 Å². The number of carbonyl (C=O) groups is 2. The van der Waals surface area contributed by atoms with Gasteiger partial charge in [0.1, 0.15) is 11.5 Å². The van der Waals surface area contributed by atoms with Crippen molar-refractivity contribution in [2.45, 2.75) is 59.3 Å². The van der Waals surface area contributed by atoms with Crippen LogP contribution in [-0.2, 0) is 4.79 Å². The summed E-state index contributed by atoms with van der Waals surface area (Å²) in [5.74, 6) is 1.55. The molecule has 5 nitrogen and oxygen atoms in total. The smallest absolute Gasteiger partial charge is 0.257 e. The highest BCUT2D eigenvalue weighted by Gasteiger charge is 2.22. The number of amides is 2. The first-order valence-electron chi connectivity index (χ1n) is 9.17. The molecule has 1 aromatic heterocycles. The topological polar surface area (TPSA) is 53.8 Å². The first-order chi connectivity index (χ1) is 11.5. The van der Waals surface area contributed by atoms with Crippen molar-refractivity contribution in [3.8, 4) is 0 Å². The van der Waals surface area contributed by atoms with Gasteiger partial charge in [0, 0.05) is 32.6 Å². The summed E-state index contributed by atoms with van der Waals surface area (Å²) in [5.41, 5.74) is 0.619. The molecule has 0 unspecified atom stereocenters. The molecule has 0 aliphatic carbocycles. The van der Waals surface area contributed by atoms with Gasteiger partial charge in [-0.1, -0.05) is 13.3 Å². The second kappa shape index (κ2) is 8.90. The number of piperidine rings is 1. The molecule has 1 aliphatic rings. The molecule has 0 radical (unpaired) electrons. The number of hydrogen-bond acceptors (Lipinski definition) is 3. The Morgan fingerprint density at radius 3 is 2.46 bits per heavy atom. The lowest BCUT2D eigenvalue weighted by Gasteiger charge is -2.28. The van der Waals surface area contributed by atoms with Gasteiger partial charge in [-0.3, -0.25) is 9.59 Å². The van der Waals surface area contributed by atoms with Crippen molar-refractivity contribution >= 4 is 11.8 Å². The number of aryl methyl sites for hydroxylation is 2. The van der Waals surface area contributed by atoms with Crippen molar-refractivity contribution in [3.63, 3.8) is 0 Å². The van der Waals surface area contributed by atoms with E-state index in [1.807, 2.05) is 23.6 Å². The molecule has 5 heteroatoms. The summed E-state index contributed by atoms with van der Waals surface area (Å²) in [6, 6.07) is 1.79. The number of nitrogens with zero attached hydrogens (tertiary/aromatic N) is 2. The van der Waals surface area contributed by atoms with Gasteiger partial charge in [-0.2, -0.15) is 0 Å². The summed E-state index contributed by atoms with van der Waals surface area (Å²) in [5, 5.41) is 0. The lowest BCUT2D eigenvalue weighted by molar-refractivity contribution is -0.132. The Hall–Kier alpha value is -1.78. The van der Waals surface area contributed by atoms with E-state index in [2.05, 4.69) is 6.92 Å². The zero-order chi connectivity index (χ0) is 17.5. The van der Waals surface area contributed by atoms with Crippen LogP contribution < -0.4 is 0 Å². The molecule has 2 rings (SSSR count). The third kappa shape index (κ3) is 4.86. The van der Waals surface area contributed by atoms with Gasteiger partial charge in [0.15, 0.2) is 0 Å². The van der Waals surface area contributed by atoms with Crippen LogP contribution in [0, 0.1) is 13.8 Å². The Morgan fingerprint density at radius 1 is 1.17 bits per heavy atom. The van der Waals surface area contributed by atoms with E-state index in [-0.39, 0.29) is 11.8 Å². The molecule has 1 saturated heterocycles. The van der Waals surface area contributed by atoms with Crippen LogP contribution in [0.4, 0.5) is 0 Å². The summed E-state index contributed by atoms with van der Waals surface area (Å²) in [4.78, 5) is 28.9. The highest BCUT2D eigenvalue weighted by atomic mass is 16.3. The Morgan fingerprint density at radius 2 is 1.88 bits per heavy atom. The largest absolute Gasteiger partial charge is 0.466 e. The van der Waals surface area contributed by atoms with E-state index in [4.69, 9.17) is 4.42 Å². The van der Waals surface area contributed by atoms with Crippen LogP contribution in [-0.4, -0.2) is 47.8 Å². The molecule has 2 amide bonds. The van der Waals surface area contributed by atoms with Crippen molar-refractivity contribution in [1.82, 2.24) is 9.80 Å². The molecule has 0 aromatic carbocycles. The maximum Gasteiger partial charge on any atom is 0.257 e. The number of likely N-dealkylation sites (tertiary alicyclic amines) is 1. The monoisotopic (exact) mass is 334 g/mol. The van der Waals surface area contributed by atoms with Crippen molar-refractivity contribution in [2.75, 3.05) is 26.2 Å². The lowest BCUT2D eigenvalue weighted by atomic mass is 10.1. The number of rotatable bonds is 7. The van der Waals surface area contributed by atoms with E-state index in [0.29, 0.717) is 30.8 Å². The van der Waals surface area contributed by atoms with E-state index < -0.39 is 0 Å². The van der Waals surface area contributed by atoms with E-state index in [0.717, 1.165) is 44.5 Å². The first-order valence-corrected chi connectivity index (χ1v) is 9.17. The predicted octanol–water partition coefficient (Wildman–Crippen LogP) is 3.54. The van der Waals surface area contributed by atoms with Gasteiger partial charge >= 0.3 is 0 Å². The fraction of sp³-hybridized carbons (Fsp3) is 0.684. The molecular weight excluding hydrogens is 304 g/mol. The average molecular weight is 334 g/mol. The summed E-state index contributed by atoms with van der Waals surface area (Å²) >= 11 is 0. The van der Waals surface area contributed by atoms with Crippen LogP contribution in [0.25, 0.3) is 0 Å². The Bertz CT molecular complexity index is 559. The van der Waals surface area contributed by atoms with Gasteiger partial charge in [-0.15, -0.1) is 0 Å². The van der Waals surface area contributed by atoms with Gasteiger partial charge in [0.2, 0.25) is 5.91 Å². The van der Waals surface area contributed by atoms with Crippen molar-refractivity contribution in [3.05, 3.63) is 23.2 Å². The summed E-state index contributed by atoms with van der Waals surface area (Å²) in [6.07, 6.45) is 5.78. The summed E-state index contributed by atoms with van der Waals surface area (Å²) in [7, 11) is 0. The van der Waals surface area contributed by atoms with Crippen molar-refractivity contribution in [1.29, 1.82) is 0 Å². The van der Waals surface area contributed by atoms with Gasteiger partial charge in [0.25, 0.3) is 5.91 Å². The molecule has 2 heterocycles. The molecule has 0 spiro atoms.